The van der Waals surface area contributed by atoms with Gasteiger partial charge in [0.15, 0.2) is 5.11 Å². The summed E-state index contributed by atoms with van der Waals surface area (Å²) in [6, 6.07) is 6.22. The van der Waals surface area contributed by atoms with Crippen molar-refractivity contribution in [2.75, 3.05) is 18.4 Å². The van der Waals surface area contributed by atoms with Crippen LogP contribution in [0.15, 0.2) is 18.2 Å². The molecular formula is C14H20N2OS. The Hall–Kier alpha value is -1.13. The minimum absolute atomic E-state index is 0.252. The third-order valence-electron chi connectivity index (χ3n) is 3.44. The topological polar surface area (TPSA) is 35.5 Å². The second kappa shape index (κ2) is 5.67. The van der Waals surface area contributed by atoms with Gasteiger partial charge in [-0.05, 0) is 62.2 Å². The van der Waals surface area contributed by atoms with Crippen LogP contribution in [0.3, 0.4) is 0 Å². The predicted molar refractivity (Wildman–Crippen MR) is 79.0 cm³/mol. The molecule has 0 unspecified atom stereocenters. The van der Waals surface area contributed by atoms with Crippen molar-refractivity contribution in [2.45, 2.75) is 32.8 Å². The first-order chi connectivity index (χ1) is 8.56. The molecule has 4 heteroatoms. The Morgan fingerprint density at radius 2 is 2.17 bits per heavy atom. The molecule has 1 heterocycles. The molecule has 1 aromatic carbocycles. The zero-order valence-corrected chi connectivity index (χ0v) is 11.8. The smallest absolute Gasteiger partial charge is 0.173 e. The van der Waals surface area contributed by atoms with E-state index in [9.17, 15) is 5.11 Å². The fourth-order valence-corrected chi connectivity index (χ4v) is 2.44. The maximum Gasteiger partial charge on any atom is 0.173 e. The van der Waals surface area contributed by atoms with E-state index in [1.165, 1.54) is 11.1 Å². The lowest BCUT2D eigenvalue weighted by Gasteiger charge is -2.32. The maximum atomic E-state index is 9.65. The van der Waals surface area contributed by atoms with Crippen LogP contribution in [0.5, 0.6) is 0 Å². The summed E-state index contributed by atoms with van der Waals surface area (Å²) in [6.07, 6.45) is 1.62. The van der Waals surface area contributed by atoms with E-state index >= 15 is 0 Å². The van der Waals surface area contributed by atoms with Gasteiger partial charge in [-0.2, -0.15) is 0 Å². The Bertz CT molecular complexity index is 447. The molecule has 1 saturated heterocycles. The minimum Gasteiger partial charge on any atom is -0.391 e. The number of hydrogen-bond acceptors (Lipinski definition) is 2. The average molecular weight is 264 g/mol. The Labute approximate surface area is 114 Å². The largest absolute Gasteiger partial charge is 0.391 e. The van der Waals surface area contributed by atoms with Crippen molar-refractivity contribution in [3.63, 3.8) is 0 Å². The molecule has 1 atom stereocenters. The van der Waals surface area contributed by atoms with Crippen LogP contribution in [0.1, 0.15) is 24.0 Å². The predicted octanol–water partition coefficient (Wildman–Crippen LogP) is 2.46. The first-order valence-electron chi connectivity index (χ1n) is 6.37. The third-order valence-corrected chi connectivity index (χ3v) is 3.80. The molecular weight excluding hydrogens is 244 g/mol. The molecule has 0 saturated carbocycles. The van der Waals surface area contributed by atoms with E-state index in [4.69, 9.17) is 12.2 Å². The molecule has 0 spiro atoms. The number of β-amino-alcohol motifs (C(OH)–C–C–N with tert-alkyl or cyclic N) is 1. The van der Waals surface area contributed by atoms with Gasteiger partial charge in [-0.25, -0.2) is 0 Å². The van der Waals surface area contributed by atoms with Gasteiger partial charge in [0, 0.05) is 18.8 Å². The number of aliphatic hydroxyl groups excluding tert-OH is 1. The minimum atomic E-state index is -0.252. The molecule has 2 rings (SSSR count). The Kier molecular flexibility index (Phi) is 4.19. The van der Waals surface area contributed by atoms with Crippen LogP contribution in [-0.2, 0) is 0 Å². The summed E-state index contributed by atoms with van der Waals surface area (Å²) in [5.41, 5.74) is 3.55. The van der Waals surface area contributed by atoms with Crippen LogP contribution in [-0.4, -0.2) is 34.3 Å². The number of nitrogens with one attached hydrogen (secondary N) is 1. The molecule has 1 fully saturated rings. The first-order valence-corrected chi connectivity index (χ1v) is 6.78. The molecule has 2 N–H and O–H groups in total. The van der Waals surface area contributed by atoms with Crippen molar-refractivity contribution in [2.24, 2.45) is 0 Å². The van der Waals surface area contributed by atoms with Gasteiger partial charge in [-0.3, -0.25) is 0 Å². The summed E-state index contributed by atoms with van der Waals surface area (Å²) in [7, 11) is 0. The molecule has 0 aromatic heterocycles. The summed E-state index contributed by atoms with van der Waals surface area (Å²) >= 11 is 5.39. The van der Waals surface area contributed by atoms with E-state index in [-0.39, 0.29) is 6.10 Å². The number of likely N-dealkylation sites (tertiary alicyclic amines) is 1. The lowest BCUT2D eigenvalue weighted by molar-refractivity contribution is 0.104. The molecule has 1 aliphatic heterocycles. The molecule has 98 valence electrons. The van der Waals surface area contributed by atoms with Crippen molar-refractivity contribution in [3.05, 3.63) is 29.3 Å². The van der Waals surface area contributed by atoms with E-state index < -0.39 is 0 Å². The van der Waals surface area contributed by atoms with Crippen LogP contribution in [0.25, 0.3) is 0 Å². The fourth-order valence-electron chi connectivity index (χ4n) is 2.16. The quantitative estimate of drug-likeness (QED) is 0.764. The monoisotopic (exact) mass is 264 g/mol. The highest BCUT2D eigenvalue weighted by Gasteiger charge is 2.19. The number of benzene rings is 1. The fraction of sp³-hybridized carbons (Fsp3) is 0.500. The summed E-state index contributed by atoms with van der Waals surface area (Å²) < 4.78 is 0. The second-order valence-electron chi connectivity index (χ2n) is 4.97. The highest BCUT2D eigenvalue weighted by Crippen LogP contribution is 2.16. The van der Waals surface area contributed by atoms with E-state index in [0.717, 1.165) is 25.1 Å². The van der Waals surface area contributed by atoms with E-state index in [0.29, 0.717) is 11.7 Å². The van der Waals surface area contributed by atoms with E-state index in [1.54, 1.807) is 0 Å². The molecule has 18 heavy (non-hydrogen) atoms. The van der Waals surface area contributed by atoms with E-state index in [1.807, 2.05) is 11.0 Å². The Balaban J connectivity index is 2.00. The van der Waals surface area contributed by atoms with Crippen molar-refractivity contribution in [3.8, 4) is 0 Å². The van der Waals surface area contributed by atoms with Gasteiger partial charge >= 0.3 is 0 Å². The van der Waals surface area contributed by atoms with Gasteiger partial charge in [0.1, 0.15) is 0 Å². The Morgan fingerprint density at radius 3 is 2.83 bits per heavy atom. The summed E-state index contributed by atoms with van der Waals surface area (Å²) in [5.74, 6) is 0. The summed E-state index contributed by atoms with van der Waals surface area (Å²) in [5, 5.41) is 13.6. The molecule has 0 radical (unpaired) electrons. The van der Waals surface area contributed by atoms with Crippen LogP contribution >= 0.6 is 12.2 Å². The van der Waals surface area contributed by atoms with Gasteiger partial charge in [0.25, 0.3) is 0 Å². The lowest BCUT2D eigenvalue weighted by Crippen LogP contribution is -2.44. The standard InChI is InChI=1S/C14H20N2OS/c1-10-5-6-12(8-11(10)2)15-14(18)16-7-3-4-13(17)9-16/h5-6,8,13,17H,3-4,7,9H2,1-2H3,(H,15,18)/t13-/m0/s1. The van der Waals surface area contributed by atoms with Gasteiger partial charge in [-0.1, -0.05) is 6.07 Å². The maximum absolute atomic E-state index is 9.65. The molecule has 1 aliphatic rings. The molecule has 0 amide bonds. The van der Waals surface area contributed by atoms with Gasteiger partial charge in [0.05, 0.1) is 6.10 Å². The molecule has 0 aliphatic carbocycles. The number of nitrogens with zero attached hydrogens (tertiary/aromatic N) is 1. The second-order valence-corrected chi connectivity index (χ2v) is 5.36. The zero-order chi connectivity index (χ0) is 13.1. The SMILES string of the molecule is Cc1ccc(NC(=S)N2CCC[C@H](O)C2)cc1C. The van der Waals surface area contributed by atoms with Gasteiger partial charge in [0.2, 0.25) is 0 Å². The number of aryl methyl sites for hydroxylation is 2. The van der Waals surface area contributed by atoms with Crippen molar-refractivity contribution < 1.29 is 5.11 Å². The van der Waals surface area contributed by atoms with Crippen molar-refractivity contribution in [1.29, 1.82) is 0 Å². The first kappa shape index (κ1) is 13.3. The molecule has 0 bridgehead atoms. The summed E-state index contributed by atoms with van der Waals surface area (Å²) in [4.78, 5) is 2.04. The average Bonchev–Trinajstić information content (AvgIpc) is 2.34. The van der Waals surface area contributed by atoms with Gasteiger partial charge in [-0.15, -0.1) is 0 Å². The number of aliphatic hydroxyl groups is 1. The number of hydrogen-bond donors (Lipinski definition) is 2. The highest BCUT2D eigenvalue weighted by atomic mass is 32.1. The normalized spacial score (nSPS) is 19.7. The zero-order valence-electron chi connectivity index (χ0n) is 10.9. The molecule has 3 nitrogen and oxygen atoms in total. The van der Waals surface area contributed by atoms with Crippen LogP contribution in [0.2, 0.25) is 0 Å². The van der Waals surface area contributed by atoms with Crippen LogP contribution in [0, 0.1) is 13.8 Å². The van der Waals surface area contributed by atoms with E-state index in [2.05, 4.69) is 31.3 Å². The molecule has 1 aromatic rings. The van der Waals surface area contributed by atoms with Crippen molar-refractivity contribution >= 4 is 23.0 Å². The van der Waals surface area contributed by atoms with Crippen molar-refractivity contribution in [1.82, 2.24) is 4.90 Å². The number of anilines is 1. The number of thiocarbonyl (C=S) groups is 1. The highest BCUT2D eigenvalue weighted by molar-refractivity contribution is 7.80. The van der Waals surface area contributed by atoms with Crippen LogP contribution < -0.4 is 5.32 Å². The third kappa shape index (κ3) is 3.21. The lowest BCUT2D eigenvalue weighted by atomic mass is 10.1. The number of rotatable bonds is 1. The summed E-state index contributed by atoms with van der Waals surface area (Å²) in [6.45, 7) is 5.75. The Morgan fingerprint density at radius 1 is 1.39 bits per heavy atom. The number of piperidine rings is 1. The van der Waals surface area contributed by atoms with Crippen LogP contribution in [0.4, 0.5) is 5.69 Å². The van der Waals surface area contributed by atoms with Gasteiger partial charge < -0.3 is 15.3 Å².